The fourth-order valence-corrected chi connectivity index (χ4v) is 3.72. The summed E-state index contributed by atoms with van der Waals surface area (Å²) < 4.78 is 11.9. The highest BCUT2D eigenvalue weighted by Gasteiger charge is 2.20. The second-order valence-corrected chi connectivity index (χ2v) is 7.14. The molecule has 1 fully saturated rings. The first-order chi connectivity index (χ1) is 13.8. The van der Waals surface area contributed by atoms with Gasteiger partial charge in [-0.2, -0.15) is 0 Å². The van der Waals surface area contributed by atoms with Crippen LogP contribution in [0.1, 0.15) is 31.2 Å². The number of hydrogen-bond acceptors (Lipinski definition) is 4. The normalized spacial score (nSPS) is 14.0. The summed E-state index contributed by atoms with van der Waals surface area (Å²) in [4.78, 5) is 6.43. The van der Waals surface area contributed by atoms with E-state index in [9.17, 15) is 0 Å². The Morgan fingerprint density at radius 2 is 1.64 bits per heavy atom. The highest BCUT2D eigenvalue weighted by atomic mass is 16.5. The van der Waals surface area contributed by atoms with Crippen LogP contribution >= 0.6 is 0 Å². The molecule has 4 nitrogen and oxygen atoms in total. The summed E-state index contributed by atoms with van der Waals surface area (Å²) in [6.07, 6.45) is 8.67. The maximum absolute atomic E-state index is 6.31. The maximum Gasteiger partial charge on any atom is 0.163 e. The molecule has 1 saturated carbocycles. The minimum atomic E-state index is 0.287. The SMILES string of the molecule is COc1ccc(N(Cc2ccncc2)c2ccccc2)cc1OC1CCCC1. The third-order valence-corrected chi connectivity index (χ3v) is 5.21. The fourth-order valence-electron chi connectivity index (χ4n) is 3.72. The van der Waals surface area contributed by atoms with E-state index in [0.29, 0.717) is 0 Å². The van der Waals surface area contributed by atoms with Crippen molar-refractivity contribution < 1.29 is 9.47 Å². The van der Waals surface area contributed by atoms with E-state index < -0.39 is 0 Å². The molecule has 0 aliphatic heterocycles. The van der Waals surface area contributed by atoms with Gasteiger partial charge in [0.15, 0.2) is 11.5 Å². The van der Waals surface area contributed by atoms with Gasteiger partial charge in [-0.1, -0.05) is 18.2 Å². The monoisotopic (exact) mass is 374 g/mol. The Balaban J connectivity index is 1.68. The molecule has 0 unspecified atom stereocenters. The average Bonchev–Trinajstić information content (AvgIpc) is 3.26. The maximum atomic E-state index is 6.31. The van der Waals surface area contributed by atoms with Crippen molar-refractivity contribution in [1.29, 1.82) is 0 Å². The Kier molecular flexibility index (Phi) is 5.76. The van der Waals surface area contributed by atoms with Gasteiger partial charge in [-0.3, -0.25) is 4.98 Å². The van der Waals surface area contributed by atoms with Crippen LogP contribution in [-0.2, 0) is 6.54 Å². The Morgan fingerprint density at radius 1 is 0.893 bits per heavy atom. The molecule has 0 amide bonds. The lowest BCUT2D eigenvalue weighted by Crippen LogP contribution is -2.17. The summed E-state index contributed by atoms with van der Waals surface area (Å²) >= 11 is 0. The zero-order valence-electron chi connectivity index (χ0n) is 16.3. The van der Waals surface area contributed by atoms with Crippen LogP contribution in [0.3, 0.4) is 0 Å². The van der Waals surface area contributed by atoms with Crippen LogP contribution < -0.4 is 14.4 Å². The number of nitrogens with zero attached hydrogens (tertiary/aromatic N) is 2. The van der Waals surface area contributed by atoms with Gasteiger partial charge in [0.1, 0.15) is 0 Å². The summed E-state index contributed by atoms with van der Waals surface area (Å²) in [5.74, 6) is 1.61. The van der Waals surface area contributed by atoms with E-state index in [4.69, 9.17) is 9.47 Å². The molecule has 0 atom stereocenters. The minimum absolute atomic E-state index is 0.287. The van der Waals surface area contributed by atoms with Crippen molar-refractivity contribution in [2.75, 3.05) is 12.0 Å². The number of pyridine rings is 1. The lowest BCUT2D eigenvalue weighted by molar-refractivity contribution is 0.201. The predicted octanol–water partition coefficient (Wildman–Crippen LogP) is 5.75. The van der Waals surface area contributed by atoms with Gasteiger partial charge < -0.3 is 14.4 Å². The van der Waals surface area contributed by atoms with Gasteiger partial charge in [-0.15, -0.1) is 0 Å². The quantitative estimate of drug-likeness (QED) is 0.527. The molecule has 0 spiro atoms. The van der Waals surface area contributed by atoms with E-state index in [1.165, 1.54) is 18.4 Å². The molecule has 1 aliphatic carbocycles. The van der Waals surface area contributed by atoms with E-state index in [2.05, 4.69) is 58.4 Å². The number of rotatable bonds is 7. The largest absolute Gasteiger partial charge is 0.493 e. The zero-order chi connectivity index (χ0) is 19.2. The summed E-state index contributed by atoms with van der Waals surface area (Å²) in [6.45, 7) is 0.752. The van der Waals surface area contributed by atoms with Crippen LogP contribution in [0.15, 0.2) is 73.1 Å². The number of methoxy groups -OCH3 is 1. The van der Waals surface area contributed by atoms with Gasteiger partial charge in [0.05, 0.1) is 13.2 Å². The zero-order valence-corrected chi connectivity index (χ0v) is 16.3. The molecule has 1 heterocycles. The van der Waals surface area contributed by atoms with Crippen LogP contribution in [0.25, 0.3) is 0 Å². The van der Waals surface area contributed by atoms with Crippen LogP contribution in [0.4, 0.5) is 11.4 Å². The first kappa shape index (κ1) is 18.4. The van der Waals surface area contributed by atoms with Crippen LogP contribution in [0.5, 0.6) is 11.5 Å². The predicted molar refractivity (Wildman–Crippen MR) is 112 cm³/mol. The molecule has 1 aromatic heterocycles. The molecule has 0 saturated heterocycles. The van der Waals surface area contributed by atoms with Crippen LogP contribution in [-0.4, -0.2) is 18.2 Å². The number of ether oxygens (including phenoxy) is 2. The molecule has 0 bridgehead atoms. The molecule has 2 aromatic carbocycles. The Labute approximate surface area is 166 Å². The number of benzene rings is 2. The Morgan fingerprint density at radius 3 is 2.36 bits per heavy atom. The van der Waals surface area contributed by atoms with Crippen LogP contribution in [0.2, 0.25) is 0 Å². The van der Waals surface area contributed by atoms with Gasteiger partial charge in [0.2, 0.25) is 0 Å². The van der Waals surface area contributed by atoms with Crippen molar-refractivity contribution in [2.45, 2.75) is 38.3 Å². The first-order valence-corrected chi connectivity index (χ1v) is 9.89. The third kappa shape index (κ3) is 4.28. The molecule has 0 radical (unpaired) electrons. The van der Waals surface area contributed by atoms with E-state index in [-0.39, 0.29) is 6.10 Å². The second kappa shape index (κ2) is 8.79. The summed E-state index contributed by atoms with van der Waals surface area (Å²) in [7, 11) is 1.70. The third-order valence-electron chi connectivity index (χ3n) is 5.21. The Bertz CT molecular complexity index is 878. The minimum Gasteiger partial charge on any atom is -0.493 e. The molecule has 4 heteroatoms. The van der Waals surface area contributed by atoms with Crippen molar-refractivity contribution in [1.82, 2.24) is 4.98 Å². The summed E-state index contributed by atoms with van der Waals surface area (Å²) in [6, 6.07) is 20.7. The lowest BCUT2D eigenvalue weighted by atomic mass is 10.1. The van der Waals surface area contributed by atoms with E-state index >= 15 is 0 Å². The molecule has 1 aliphatic rings. The van der Waals surface area contributed by atoms with Crippen molar-refractivity contribution in [3.63, 3.8) is 0 Å². The first-order valence-electron chi connectivity index (χ1n) is 9.89. The topological polar surface area (TPSA) is 34.6 Å². The molecular formula is C24H26N2O2. The molecule has 0 N–H and O–H groups in total. The van der Waals surface area contributed by atoms with Crippen LogP contribution in [0, 0.1) is 0 Å². The smallest absolute Gasteiger partial charge is 0.163 e. The van der Waals surface area contributed by atoms with Gasteiger partial charge >= 0.3 is 0 Å². The second-order valence-electron chi connectivity index (χ2n) is 7.14. The number of anilines is 2. The number of para-hydroxylation sites is 1. The molecule has 3 aromatic rings. The Hall–Kier alpha value is -3.01. The van der Waals surface area contributed by atoms with Gasteiger partial charge in [0.25, 0.3) is 0 Å². The highest BCUT2D eigenvalue weighted by Crippen LogP contribution is 2.37. The molecule has 4 rings (SSSR count). The van der Waals surface area contributed by atoms with Crippen molar-refractivity contribution in [3.05, 3.63) is 78.6 Å². The van der Waals surface area contributed by atoms with Crippen molar-refractivity contribution >= 4 is 11.4 Å². The summed E-state index contributed by atoms with van der Waals surface area (Å²) in [5, 5.41) is 0. The van der Waals surface area contributed by atoms with E-state index in [1.807, 2.05) is 24.5 Å². The van der Waals surface area contributed by atoms with Crippen molar-refractivity contribution in [2.24, 2.45) is 0 Å². The summed E-state index contributed by atoms with van der Waals surface area (Å²) in [5.41, 5.74) is 3.42. The molecular weight excluding hydrogens is 348 g/mol. The van der Waals surface area contributed by atoms with Gasteiger partial charge in [0, 0.05) is 36.4 Å². The average molecular weight is 374 g/mol. The molecule has 28 heavy (non-hydrogen) atoms. The van der Waals surface area contributed by atoms with Gasteiger partial charge in [-0.05, 0) is 67.6 Å². The molecule has 144 valence electrons. The fraction of sp³-hybridized carbons (Fsp3) is 0.292. The standard InChI is InChI=1S/C24H26N2O2/c1-27-23-12-11-21(17-24(23)28-22-9-5-6-10-22)26(20-7-3-2-4-8-20)18-19-13-15-25-16-14-19/h2-4,7-8,11-17,22H,5-6,9-10,18H2,1H3. The van der Waals surface area contributed by atoms with E-state index in [1.54, 1.807) is 7.11 Å². The highest BCUT2D eigenvalue weighted by molar-refractivity contribution is 5.66. The van der Waals surface area contributed by atoms with Gasteiger partial charge in [-0.25, -0.2) is 0 Å². The number of hydrogen-bond donors (Lipinski definition) is 0. The van der Waals surface area contributed by atoms with E-state index in [0.717, 1.165) is 42.3 Å². The lowest BCUT2D eigenvalue weighted by Gasteiger charge is -2.26. The number of aromatic nitrogens is 1. The van der Waals surface area contributed by atoms with Crippen molar-refractivity contribution in [3.8, 4) is 11.5 Å².